The average Bonchev–Trinajstić information content (AvgIpc) is 3.26. The molecule has 0 aliphatic carbocycles. The molecule has 27 heavy (non-hydrogen) atoms. The van der Waals surface area contributed by atoms with Gasteiger partial charge in [-0.1, -0.05) is 44.4 Å². The number of aromatic amines is 1. The number of para-hydroxylation sites is 1. The molecule has 1 aliphatic heterocycles. The van der Waals surface area contributed by atoms with Crippen LogP contribution in [0.5, 0.6) is 0 Å². The van der Waals surface area contributed by atoms with E-state index in [0.29, 0.717) is 6.42 Å². The third-order valence-electron chi connectivity index (χ3n) is 4.67. The molecule has 0 saturated carbocycles. The Morgan fingerprint density at radius 2 is 2.04 bits per heavy atom. The average molecular weight is 373 g/mol. The molecular weight excluding hydrogens is 340 g/mol. The highest BCUT2D eigenvalue weighted by molar-refractivity contribution is 5.84. The number of nitrogens with one attached hydrogen (secondary N) is 1. The van der Waals surface area contributed by atoms with Crippen LogP contribution in [0, 0.1) is 0 Å². The molecule has 0 saturated heterocycles. The number of aromatic nitrogens is 1. The van der Waals surface area contributed by atoms with Crippen molar-refractivity contribution in [1.29, 1.82) is 0 Å². The van der Waals surface area contributed by atoms with Gasteiger partial charge in [-0.05, 0) is 18.1 Å². The maximum Gasteiger partial charge on any atom is 0.320 e. The number of H-pyrrole nitrogens is 1. The van der Waals surface area contributed by atoms with Crippen LogP contribution in [0.4, 0.5) is 0 Å². The van der Waals surface area contributed by atoms with Crippen LogP contribution in [0.1, 0.15) is 38.2 Å². The van der Waals surface area contributed by atoms with Gasteiger partial charge in [0.25, 0.3) is 0 Å². The van der Waals surface area contributed by atoms with Gasteiger partial charge in [-0.2, -0.15) is 0 Å². The van der Waals surface area contributed by atoms with Gasteiger partial charge in [0.2, 0.25) is 0 Å². The molecular formula is C21H32N4O2. The van der Waals surface area contributed by atoms with Crippen LogP contribution in [-0.2, 0) is 11.2 Å². The lowest BCUT2D eigenvalue weighted by atomic mass is 10.1. The van der Waals surface area contributed by atoms with Gasteiger partial charge in [0.15, 0.2) is 0 Å². The normalized spacial score (nSPS) is 14.3. The van der Waals surface area contributed by atoms with E-state index in [-0.39, 0.29) is 0 Å². The molecule has 1 atom stereocenters. The van der Waals surface area contributed by atoms with E-state index >= 15 is 0 Å². The van der Waals surface area contributed by atoms with Crippen molar-refractivity contribution in [1.82, 2.24) is 14.8 Å². The van der Waals surface area contributed by atoms with Crippen molar-refractivity contribution in [2.24, 2.45) is 5.73 Å². The molecule has 3 rings (SSSR count). The molecule has 0 fully saturated rings. The summed E-state index contributed by atoms with van der Waals surface area (Å²) in [6.45, 7) is 4.55. The fourth-order valence-corrected chi connectivity index (χ4v) is 3.10. The van der Waals surface area contributed by atoms with Crippen molar-refractivity contribution in [2.75, 3.05) is 20.3 Å². The van der Waals surface area contributed by atoms with E-state index in [2.05, 4.69) is 41.2 Å². The highest BCUT2D eigenvalue weighted by atomic mass is 16.4. The first-order valence-electron chi connectivity index (χ1n) is 9.67. The SMILES string of the molecule is CCCCCCN1C=CN(C)C1.N[C@@H](Cc1c[nH]c2ccccc12)C(=O)O. The third-order valence-corrected chi connectivity index (χ3v) is 4.67. The Balaban J connectivity index is 0.000000199. The first-order chi connectivity index (χ1) is 13.0. The van der Waals surface area contributed by atoms with Gasteiger partial charge in [0.05, 0.1) is 6.67 Å². The Morgan fingerprint density at radius 3 is 2.70 bits per heavy atom. The summed E-state index contributed by atoms with van der Waals surface area (Å²) in [6, 6.07) is 6.91. The topological polar surface area (TPSA) is 85.6 Å². The first-order valence-corrected chi connectivity index (χ1v) is 9.67. The molecule has 1 aliphatic rings. The summed E-state index contributed by atoms with van der Waals surface area (Å²) < 4.78 is 0. The molecule has 6 nitrogen and oxygen atoms in total. The predicted octanol–water partition coefficient (Wildman–Crippen LogP) is 3.37. The summed E-state index contributed by atoms with van der Waals surface area (Å²) in [5.41, 5.74) is 7.43. The maximum atomic E-state index is 10.6. The zero-order valence-electron chi connectivity index (χ0n) is 16.4. The van der Waals surface area contributed by atoms with Gasteiger partial charge >= 0.3 is 5.97 Å². The lowest BCUT2D eigenvalue weighted by molar-refractivity contribution is -0.138. The Labute approximate surface area is 161 Å². The van der Waals surface area contributed by atoms with E-state index in [1.807, 2.05) is 30.5 Å². The Kier molecular flexibility index (Phi) is 8.20. The molecule has 2 aromatic rings. The lowest BCUT2D eigenvalue weighted by Crippen LogP contribution is -2.32. The summed E-state index contributed by atoms with van der Waals surface area (Å²) in [5, 5.41) is 9.75. The molecule has 4 N–H and O–H groups in total. The van der Waals surface area contributed by atoms with Gasteiger partial charge in [-0.3, -0.25) is 4.79 Å². The fraction of sp³-hybridized carbons (Fsp3) is 0.476. The first kappa shape index (κ1) is 20.8. The number of hydrogen-bond acceptors (Lipinski definition) is 4. The smallest absolute Gasteiger partial charge is 0.320 e. The van der Waals surface area contributed by atoms with E-state index in [9.17, 15) is 4.79 Å². The molecule has 2 heterocycles. The van der Waals surface area contributed by atoms with Gasteiger partial charge in [-0.25, -0.2) is 0 Å². The van der Waals surface area contributed by atoms with Gasteiger partial charge in [-0.15, -0.1) is 0 Å². The zero-order chi connectivity index (χ0) is 19.6. The minimum absolute atomic E-state index is 0.347. The van der Waals surface area contributed by atoms with Gasteiger partial charge < -0.3 is 25.6 Å². The molecule has 0 unspecified atom stereocenters. The summed E-state index contributed by atoms with van der Waals surface area (Å²) in [4.78, 5) is 18.3. The van der Waals surface area contributed by atoms with Crippen LogP contribution < -0.4 is 5.73 Å². The monoisotopic (exact) mass is 372 g/mol. The molecule has 0 bridgehead atoms. The lowest BCUT2D eigenvalue weighted by Gasteiger charge is -2.17. The molecule has 6 heteroatoms. The summed E-state index contributed by atoms with van der Waals surface area (Å²) >= 11 is 0. The van der Waals surface area contributed by atoms with Crippen molar-refractivity contribution in [3.05, 3.63) is 48.4 Å². The van der Waals surface area contributed by atoms with Crippen LogP contribution >= 0.6 is 0 Å². The number of rotatable bonds is 8. The number of hydrogen-bond donors (Lipinski definition) is 3. The van der Waals surface area contributed by atoms with Crippen LogP contribution in [0.15, 0.2) is 42.9 Å². The van der Waals surface area contributed by atoms with Crippen molar-refractivity contribution >= 4 is 16.9 Å². The number of unbranched alkanes of at least 4 members (excludes halogenated alkanes) is 3. The number of carbonyl (C=O) groups is 1. The second kappa shape index (κ2) is 10.6. The summed E-state index contributed by atoms with van der Waals surface area (Å²) in [7, 11) is 2.11. The highest BCUT2D eigenvalue weighted by Gasteiger charge is 2.14. The zero-order valence-corrected chi connectivity index (χ0v) is 16.4. The standard InChI is InChI=1S/C11H12N2O2.C10H20N2/c12-9(11(14)15)5-7-6-13-10-4-2-1-3-8(7)10;1-3-4-5-6-7-12-9-8-11(2)10-12/h1-4,6,9,13H,5,12H2,(H,14,15);8-9H,3-7,10H2,1-2H3/t9-;/m0./s1. The maximum absolute atomic E-state index is 10.6. The Morgan fingerprint density at radius 1 is 1.26 bits per heavy atom. The largest absolute Gasteiger partial charge is 0.480 e. The number of nitrogens with two attached hydrogens (primary N) is 1. The molecule has 1 aromatic carbocycles. The third kappa shape index (κ3) is 6.64. The van der Waals surface area contributed by atoms with E-state index < -0.39 is 12.0 Å². The van der Waals surface area contributed by atoms with E-state index in [1.54, 1.807) is 0 Å². The number of fused-ring (bicyclic) bond motifs is 1. The number of aliphatic carboxylic acids is 1. The van der Waals surface area contributed by atoms with E-state index in [0.717, 1.165) is 23.1 Å². The van der Waals surface area contributed by atoms with Crippen molar-refractivity contribution in [3.8, 4) is 0 Å². The van der Waals surface area contributed by atoms with E-state index in [1.165, 1.54) is 32.2 Å². The van der Waals surface area contributed by atoms with Crippen LogP contribution in [0.3, 0.4) is 0 Å². The summed E-state index contributed by atoms with van der Waals surface area (Å²) in [5.74, 6) is -0.972. The second-order valence-electron chi connectivity index (χ2n) is 7.08. The molecule has 1 aromatic heterocycles. The number of carboxylic acids is 1. The predicted molar refractivity (Wildman–Crippen MR) is 110 cm³/mol. The molecule has 0 spiro atoms. The van der Waals surface area contributed by atoms with Gasteiger partial charge in [0, 0.05) is 49.5 Å². The van der Waals surface area contributed by atoms with E-state index in [4.69, 9.17) is 10.8 Å². The quantitative estimate of drug-likeness (QED) is 0.619. The Bertz CT molecular complexity index is 741. The Hall–Kier alpha value is -2.47. The number of carboxylic acid groups (broad SMARTS) is 1. The minimum Gasteiger partial charge on any atom is -0.480 e. The van der Waals surface area contributed by atoms with Crippen LogP contribution in [-0.4, -0.2) is 52.2 Å². The second-order valence-corrected chi connectivity index (χ2v) is 7.08. The van der Waals surface area contributed by atoms with Gasteiger partial charge in [0.1, 0.15) is 6.04 Å². The van der Waals surface area contributed by atoms with Crippen molar-refractivity contribution < 1.29 is 9.90 Å². The van der Waals surface area contributed by atoms with Crippen LogP contribution in [0.25, 0.3) is 10.9 Å². The molecule has 148 valence electrons. The highest BCUT2D eigenvalue weighted by Crippen LogP contribution is 2.18. The number of nitrogens with zero attached hydrogens (tertiary/aromatic N) is 2. The molecule has 0 amide bonds. The van der Waals surface area contributed by atoms with Crippen molar-refractivity contribution in [2.45, 2.75) is 45.1 Å². The molecule has 0 radical (unpaired) electrons. The number of benzene rings is 1. The summed E-state index contributed by atoms with van der Waals surface area (Å²) in [6.07, 6.45) is 11.9. The van der Waals surface area contributed by atoms with Crippen LogP contribution in [0.2, 0.25) is 0 Å². The minimum atomic E-state index is -0.972. The van der Waals surface area contributed by atoms with Crippen molar-refractivity contribution in [3.63, 3.8) is 0 Å². The fourth-order valence-electron chi connectivity index (χ4n) is 3.10.